The Hall–Kier alpha value is -1.41. The molecule has 4 nitrogen and oxygen atoms in total. The summed E-state index contributed by atoms with van der Waals surface area (Å²) in [6, 6.07) is 14.3. The third-order valence-electron chi connectivity index (χ3n) is 5.10. The average Bonchev–Trinajstić information content (AvgIpc) is 3.21. The van der Waals surface area contributed by atoms with Crippen molar-refractivity contribution in [2.75, 3.05) is 43.1 Å². The summed E-state index contributed by atoms with van der Waals surface area (Å²) >= 11 is 11.2. The number of carbonyl (C=O) groups excluding carboxylic acids is 1. The number of anilines is 1. The van der Waals surface area contributed by atoms with Gasteiger partial charge in [0.05, 0.1) is 10.2 Å². The van der Waals surface area contributed by atoms with E-state index in [1.54, 1.807) is 34.9 Å². The van der Waals surface area contributed by atoms with Gasteiger partial charge < -0.3 is 9.80 Å². The number of halogens is 1. The highest BCUT2D eigenvalue weighted by Crippen LogP contribution is 2.32. The molecule has 0 bridgehead atoms. The van der Waals surface area contributed by atoms with E-state index in [1.165, 1.54) is 14.5 Å². The summed E-state index contributed by atoms with van der Waals surface area (Å²) in [6.07, 6.45) is 3.59. The number of amides is 1. The SMILES string of the molecule is CSc1ccc2nc(N3CCN(C(=O)CCCSc4ccc(Cl)cc4)CC3)sc2c1. The summed E-state index contributed by atoms with van der Waals surface area (Å²) in [6.45, 7) is 3.24. The first kappa shape index (κ1) is 21.8. The third-order valence-corrected chi connectivity index (χ3v) is 8.26. The van der Waals surface area contributed by atoms with Gasteiger partial charge in [-0.25, -0.2) is 4.98 Å². The van der Waals surface area contributed by atoms with Crippen molar-refractivity contribution in [3.05, 3.63) is 47.5 Å². The van der Waals surface area contributed by atoms with Crippen LogP contribution in [0.15, 0.2) is 52.3 Å². The fourth-order valence-corrected chi connectivity index (χ4v) is 5.95. The number of fused-ring (bicyclic) bond motifs is 1. The summed E-state index contributed by atoms with van der Waals surface area (Å²) < 4.78 is 1.23. The van der Waals surface area contributed by atoms with Crippen LogP contribution in [0.3, 0.4) is 0 Å². The second kappa shape index (κ2) is 10.3. The Kier molecular flexibility index (Phi) is 7.46. The fraction of sp³-hybridized carbons (Fsp3) is 0.364. The Morgan fingerprint density at radius 3 is 2.57 bits per heavy atom. The van der Waals surface area contributed by atoms with Gasteiger partial charge in [-0.1, -0.05) is 22.9 Å². The van der Waals surface area contributed by atoms with Crippen molar-refractivity contribution in [2.45, 2.75) is 22.6 Å². The molecule has 1 fully saturated rings. The van der Waals surface area contributed by atoms with Crippen LogP contribution >= 0.6 is 46.5 Å². The summed E-state index contributed by atoms with van der Waals surface area (Å²) in [7, 11) is 0. The van der Waals surface area contributed by atoms with Crippen molar-refractivity contribution in [2.24, 2.45) is 0 Å². The third kappa shape index (κ3) is 5.44. The van der Waals surface area contributed by atoms with Gasteiger partial charge in [0, 0.05) is 47.4 Å². The molecule has 1 aliphatic heterocycles. The van der Waals surface area contributed by atoms with Crippen LogP contribution in [0, 0.1) is 0 Å². The summed E-state index contributed by atoms with van der Waals surface area (Å²) in [5.41, 5.74) is 1.06. The maximum Gasteiger partial charge on any atom is 0.222 e. The number of aromatic nitrogens is 1. The van der Waals surface area contributed by atoms with E-state index < -0.39 is 0 Å². The molecule has 3 aromatic rings. The molecule has 0 N–H and O–H groups in total. The second-order valence-corrected chi connectivity index (χ2v) is 10.6. The predicted octanol–water partition coefficient (Wildman–Crippen LogP) is 5.89. The minimum Gasteiger partial charge on any atom is -0.345 e. The van der Waals surface area contributed by atoms with Crippen LogP contribution in [0.5, 0.6) is 0 Å². The molecule has 1 aromatic heterocycles. The number of nitrogens with zero attached hydrogens (tertiary/aromatic N) is 3. The van der Waals surface area contributed by atoms with Gasteiger partial charge in [-0.15, -0.1) is 23.5 Å². The van der Waals surface area contributed by atoms with Crippen molar-refractivity contribution in [1.29, 1.82) is 0 Å². The van der Waals surface area contributed by atoms with Crippen molar-refractivity contribution in [1.82, 2.24) is 9.88 Å². The molecule has 0 saturated carbocycles. The maximum atomic E-state index is 12.6. The van der Waals surface area contributed by atoms with Crippen molar-refractivity contribution in [3.63, 3.8) is 0 Å². The number of piperazine rings is 1. The van der Waals surface area contributed by atoms with E-state index in [4.69, 9.17) is 16.6 Å². The Morgan fingerprint density at radius 2 is 1.83 bits per heavy atom. The molecule has 2 aromatic carbocycles. The first-order valence-electron chi connectivity index (χ1n) is 9.98. The zero-order valence-electron chi connectivity index (χ0n) is 16.8. The van der Waals surface area contributed by atoms with E-state index in [0.29, 0.717) is 6.42 Å². The topological polar surface area (TPSA) is 36.4 Å². The summed E-state index contributed by atoms with van der Waals surface area (Å²) in [4.78, 5) is 24.1. The van der Waals surface area contributed by atoms with Crippen molar-refractivity contribution in [3.8, 4) is 0 Å². The highest BCUT2D eigenvalue weighted by Gasteiger charge is 2.22. The molecule has 0 unspecified atom stereocenters. The Labute approximate surface area is 195 Å². The maximum absolute atomic E-state index is 12.6. The van der Waals surface area contributed by atoms with Gasteiger partial charge in [0.2, 0.25) is 5.91 Å². The van der Waals surface area contributed by atoms with E-state index in [9.17, 15) is 4.79 Å². The molecule has 2 heterocycles. The number of hydrogen-bond donors (Lipinski definition) is 0. The van der Waals surface area contributed by atoms with Gasteiger partial charge in [0.25, 0.3) is 0 Å². The molecular formula is C22H24ClN3OS3. The smallest absolute Gasteiger partial charge is 0.222 e. The standard InChI is InChI=1S/C22H24ClN3OS3/c1-28-18-8-9-19-20(15-18)30-22(24-19)26-12-10-25(11-13-26)21(27)3-2-14-29-17-6-4-16(23)5-7-17/h4-9,15H,2-3,10-14H2,1H3. The van der Waals surface area contributed by atoms with Gasteiger partial charge in [0.15, 0.2) is 5.13 Å². The van der Waals surface area contributed by atoms with Crippen LogP contribution in [0.1, 0.15) is 12.8 Å². The highest BCUT2D eigenvalue weighted by molar-refractivity contribution is 7.99. The largest absolute Gasteiger partial charge is 0.345 e. The molecular weight excluding hydrogens is 454 g/mol. The molecule has 0 atom stereocenters. The lowest BCUT2D eigenvalue weighted by molar-refractivity contribution is -0.131. The quantitative estimate of drug-likeness (QED) is 0.313. The molecule has 1 aliphatic rings. The van der Waals surface area contributed by atoms with Crippen LogP contribution < -0.4 is 4.90 Å². The number of carbonyl (C=O) groups is 1. The van der Waals surface area contributed by atoms with E-state index in [2.05, 4.69) is 29.4 Å². The first-order valence-corrected chi connectivity index (χ1v) is 13.4. The average molecular weight is 478 g/mol. The molecule has 1 saturated heterocycles. The number of benzene rings is 2. The summed E-state index contributed by atoms with van der Waals surface area (Å²) in [5, 5.41) is 1.82. The minimum absolute atomic E-state index is 0.264. The summed E-state index contributed by atoms with van der Waals surface area (Å²) in [5.74, 6) is 1.21. The minimum atomic E-state index is 0.264. The van der Waals surface area contributed by atoms with Crippen LogP contribution in [0.4, 0.5) is 5.13 Å². The lowest BCUT2D eigenvalue weighted by Gasteiger charge is -2.34. The van der Waals surface area contributed by atoms with Gasteiger partial charge in [-0.2, -0.15) is 0 Å². The van der Waals surface area contributed by atoms with E-state index in [-0.39, 0.29) is 5.91 Å². The Morgan fingerprint density at radius 1 is 1.10 bits per heavy atom. The fourth-order valence-electron chi connectivity index (χ4n) is 3.40. The molecule has 8 heteroatoms. The van der Waals surface area contributed by atoms with Gasteiger partial charge in [-0.3, -0.25) is 4.79 Å². The molecule has 0 radical (unpaired) electrons. The van der Waals surface area contributed by atoms with E-state index in [0.717, 1.165) is 54.0 Å². The van der Waals surface area contributed by atoms with Crippen LogP contribution in [-0.4, -0.2) is 54.0 Å². The van der Waals surface area contributed by atoms with Crippen molar-refractivity contribution < 1.29 is 4.79 Å². The molecule has 30 heavy (non-hydrogen) atoms. The molecule has 0 spiro atoms. The number of hydrogen-bond acceptors (Lipinski definition) is 6. The normalized spacial score (nSPS) is 14.5. The lowest BCUT2D eigenvalue weighted by atomic mass is 10.2. The predicted molar refractivity (Wildman–Crippen MR) is 132 cm³/mol. The van der Waals surface area contributed by atoms with Gasteiger partial charge in [0.1, 0.15) is 0 Å². The van der Waals surface area contributed by atoms with Crippen LogP contribution in [0.2, 0.25) is 5.02 Å². The first-order chi connectivity index (χ1) is 14.6. The number of thioether (sulfide) groups is 2. The highest BCUT2D eigenvalue weighted by atomic mass is 35.5. The zero-order chi connectivity index (χ0) is 20.9. The molecule has 4 rings (SSSR count). The zero-order valence-corrected chi connectivity index (χ0v) is 20.0. The van der Waals surface area contributed by atoms with E-state index >= 15 is 0 Å². The van der Waals surface area contributed by atoms with Gasteiger partial charge in [-0.05, 0) is 60.9 Å². The van der Waals surface area contributed by atoms with Gasteiger partial charge >= 0.3 is 0 Å². The second-order valence-electron chi connectivity index (χ2n) is 7.10. The van der Waals surface area contributed by atoms with Crippen molar-refractivity contribution >= 4 is 67.7 Å². The van der Waals surface area contributed by atoms with E-state index in [1.807, 2.05) is 29.2 Å². The number of thiazole rings is 1. The molecule has 158 valence electrons. The van der Waals surface area contributed by atoms with Crippen LogP contribution in [-0.2, 0) is 4.79 Å². The van der Waals surface area contributed by atoms with Crippen LogP contribution in [0.25, 0.3) is 10.2 Å². The molecule has 1 amide bonds. The lowest BCUT2D eigenvalue weighted by Crippen LogP contribution is -2.48. The monoisotopic (exact) mass is 477 g/mol. The Bertz CT molecular complexity index is 1000. The molecule has 0 aliphatic carbocycles. The number of rotatable bonds is 7. The Balaban J connectivity index is 1.23.